The molecule has 0 aromatic carbocycles. The van der Waals surface area contributed by atoms with E-state index in [1.807, 2.05) is 0 Å². The van der Waals surface area contributed by atoms with Gasteiger partial charge >= 0.3 is 6.18 Å². The predicted octanol–water partition coefficient (Wildman–Crippen LogP) is 2.36. The highest BCUT2D eigenvalue weighted by molar-refractivity contribution is 5.85. The zero-order valence-electron chi connectivity index (χ0n) is 14.8. The van der Waals surface area contributed by atoms with E-state index >= 15 is 0 Å². The molecular formula is C16H30Cl2F3N3O2. The maximum atomic E-state index is 12.3. The molecule has 2 rings (SSSR count). The molecule has 2 aliphatic rings. The van der Waals surface area contributed by atoms with Crippen molar-refractivity contribution in [2.75, 3.05) is 39.4 Å². The number of nitrogens with one attached hydrogen (secondary N) is 1. The summed E-state index contributed by atoms with van der Waals surface area (Å²) in [5.41, 5.74) is 6.01. The molecule has 2 aliphatic heterocycles. The lowest BCUT2D eigenvalue weighted by molar-refractivity contribution is -0.148. The zero-order valence-corrected chi connectivity index (χ0v) is 16.4. The van der Waals surface area contributed by atoms with Crippen LogP contribution >= 0.6 is 24.8 Å². The van der Waals surface area contributed by atoms with E-state index in [4.69, 9.17) is 10.5 Å². The molecule has 0 aliphatic carbocycles. The summed E-state index contributed by atoms with van der Waals surface area (Å²) in [6, 6.07) is -0.498. The minimum atomic E-state index is -4.12. The molecule has 5 nitrogen and oxygen atoms in total. The minimum Gasteiger partial charge on any atom is -0.381 e. The van der Waals surface area contributed by atoms with Crippen LogP contribution in [0.2, 0.25) is 0 Å². The van der Waals surface area contributed by atoms with Crippen LogP contribution < -0.4 is 11.1 Å². The minimum absolute atomic E-state index is 0. The monoisotopic (exact) mass is 423 g/mol. The standard InChI is InChI=1S/C16H28F3N3O2.2ClH/c17-16(18,19)11-22-7-2-12(3-8-22)1-6-21-15(23)14(20)13-4-9-24-10-5-13;;/h12-14H,1-11,20H2,(H,21,23);2*1H. The maximum absolute atomic E-state index is 12.3. The van der Waals surface area contributed by atoms with E-state index in [0.29, 0.717) is 38.8 Å². The number of alkyl halides is 3. The molecule has 0 saturated carbocycles. The first-order chi connectivity index (χ1) is 11.3. The molecule has 156 valence electrons. The van der Waals surface area contributed by atoms with Crippen LogP contribution in [0.15, 0.2) is 0 Å². The Bertz CT molecular complexity index is 403. The van der Waals surface area contributed by atoms with Crippen molar-refractivity contribution in [3.8, 4) is 0 Å². The van der Waals surface area contributed by atoms with Crippen molar-refractivity contribution in [3.63, 3.8) is 0 Å². The highest BCUT2D eigenvalue weighted by Crippen LogP contribution is 2.24. The van der Waals surface area contributed by atoms with Crippen molar-refractivity contribution in [2.24, 2.45) is 17.6 Å². The second-order valence-corrected chi connectivity index (χ2v) is 6.89. The third-order valence-electron chi connectivity index (χ3n) is 5.04. The van der Waals surface area contributed by atoms with Crippen LogP contribution in [0.4, 0.5) is 13.2 Å². The summed E-state index contributed by atoms with van der Waals surface area (Å²) in [5, 5.41) is 2.88. The second-order valence-electron chi connectivity index (χ2n) is 6.89. The summed E-state index contributed by atoms with van der Waals surface area (Å²) in [4.78, 5) is 13.5. The molecular weight excluding hydrogens is 394 g/mol. The van der Waals surface area contributed by atoms with E-state index in [1.165, 1.54) is 4.90 Å². The van der Waals surface area contributed by atoms with E-state index in [9.17, 15) is 18.0 Å². The summed E-state index contributed by atoms with van der Waals surface area (Å²) in [7, 11) is 0. The summed E-state index contributed by atoms with van der Waals surface area (Å²) in [6.07, 6.45) is -0.207. The van der Waals surface area contributed by atoms with Crippen molar-refractivity contribution in [1.82, 2.24) is 10.2 Å². The van der Waals surface area contributed by atoms with E-state index in [-0.39, 0.29) is 36.6 Å². The SMILES string of the molecule is Cl.Cl.NC(C(=O)NCCC1CCN(CC(F)(F)F)CC1)C1CCOCC1. The topological polar surface area (TPSA) is 67.6 Å². The molecule has 2 heterocycles. The Morgan fingerprint density at radius 2 is 1.73 bits per heavy atom. The number of nitrogens with two attached hydrogens (primary N) is 1. The first-order valence-electron chi connectivity index (χ1n) is 8.75. The van der Waals surface area contributed by atoms with E-state index < -0.39 is 18.8 Å². The third-order valence-corrected chi connectivity index (χ3v) is 5.04. The molecule has 2 saturated heterocycles. The Balaban J connectivity index is 0.00000312. The Kier molecular flexibility index (Phi) is 12.1. The smallest absolute Gasteiger partial charge is 0.381 e. The highest BCUT2D eigenvalue weighted by Gasteiger charge is 2.32. The average Bonchev–Trinajstić information content (AvgIpc) is 2.55. The number of halogens is 5. The lowest BCUT2D eigenvalue weighted by Gasteiger charge is -2.32. The van der Waals surface area contributed by atoms with Crippen LogP contribution in [-0.4, -0.2) is 62.4 Å². The molecule has 0 aromatic heterocycles. The van der Waals surface area contributed by atoms with Gasteiger partial charge in [0.1, 0.15) is 0 Å². The van der Waals surface area contributed by atoms with Crippen LogP contribution in [0, 0.1) is 11.8 Å². The number of carbonyl (C=O) groups excluding carboxylic acids is 1. The van der Waals surface area contributed by atoms with Gasteiger partial charge in [0.25, 0.3) is 0 Å². The Hall–Kier alpha value is -0.280. The van der Waals surface area contributed by atoms with Gasteiger partial charge in [-0.15, -0.1) is 24.8 Å². The molecule has 2 fully saturated rings. The van der Waals surface area contributed by atoms with Crippen molar-refractivity contribution in [3.05, 3.63) is 0 Å². The molecule has 1 atom stereocenters. The second kappa shape index (κ2) is 12.2. The third kappa shape index (κ3) is 9.08. The van der Waals surface area contributed by atoms with Crippen LogP contribution in [0.1, 0.15) is 32.1 Å². The number of hydrogen-bond donors (Lipinski definition) is 2. The number of hydrogen-bond acceptors (Lipinski definition) is 4. The van der Waals surface area contributed by atoms with E-state index in [2.05, 4.69) is 5.32 Å². The molecule has 0 spiro atoms. The lowest BCUT2D eigenvalue weighted by Crippen LogP contribution is -2.47. The largest absolute Gasteiger partial charge is 0.401 e. The molecule has 1 unspecified atom stereocenters. The molecule has 0 bridgehead atoms. The first kappa shape index (κ1) is 25.7. The van der Waals surface area contributed by atoms with Gasteiger partial charge in [0.2, 0.25) is 5.91 Å². The Morgan fingerprint density at radius 1 is 1.15 bits per heavy atom. The number of carbonyl (C=O) groups is 1. The van der Waals surface area contributed by atoms with Gasteiger partial charge in [0.05, 0.1) is 12.6 Å². The molecule has 1 amide bonds. The number of piperidine rings is 1. The van der Waals surface area contributed by atoms with Gasteiger partial charge in [-0.2, -0.15) is 13.2 Å². The van der Waals surface area contributed by atoms with Crippen molar-refractivity contribution in [2.45, 2.75) is 44.3 Å². The van der Waals surface area contributed by atoms with Crippen LogP contribution in [0.25, 0.3) is 0 Å². The first-order valence-corrected chi connectivity index (χ1v) is 8.75. The van der Waals surface area contributed by atoms with E-state index in [0.717, 1.165) is 32.1 Å². The fourth-order valence-electron chi connectivity index (χ4n) is 3.49. The number of ether oxygens (including phenoxy) is 1. The normalized spacial score (nSPS) is 21.4. The molecule has 0 aromatic rings. The maximum Gasteiger partial charge on any atom is 0.401 e. The summed E-state index contributed by atoms with van der Waals surface area (Å²) < 4.78 is 42.3. The summed E-state index contributed by atoms with van der Waals surface area (Å²) in [6.45, 7) is 1.97. The number of rotatable bonds is 6. The van der Waals surface area contributed by atoms with Gasteiger partial charge < -0.3 is 15.8 Å². The van der Waals surface area contributed by atoms with Crippen molar-refractivity contribution in [1.29, 1.82) is 0 Å². The van der Waals surface area contributed by atoms with Crippen LogP contribution in [0.5, 0.6) is 0 Å². The van der Waals surface area contributed by atoms with Gasteiger partial charge in [0.15, 0.2) is 0 Å². The number of likely N-dealkylation sites (tertiary alicyclic amines) is 1. The van der Waals surface area contributed by atoms with Gasteiger partial charge in [-0.25, -0.2) is 0 Å². The molecule has 3 N–H and O–H groups in total. The van der Waals surface area contributed by atoms with Gasteiger partial charge in [-0.3, -0.25) is 9.69 Å². The quantitative estimate of drug-likeness (QED) is 0.687. The zero-order chi connectivity index (χ0) is 17.6. The molecule has 10 heteroatoms. The Morgan fingerprint density at radius 3 is 2.27 bits per heavy atom. The highest BCUT2D eigenvalue weighted by atomic mass is 35.5. The number of amides is 1. The lowest BCUT2D eigenvalue weighted by atomic mass is 9.91. The van der Waals surface area contributed by atoms with Crippen LogP contribution in [0.3, 0.4) is 0 Å². The van der Waals surface area contributed by atoms with Gasteiger partial charge in [-0.1, -0.05) is 0 Å². The summed E-state index contributed by atoms with van der Waals surface area (Å²) in [5.74, 6) is 0.412. The molecule has 0 radical (unpaired) electrons. The fourth-order valence-corrected chi connectivity index (χ4v) is 3.49. The predicted molar refractivity (Wildman–Crippen MR) is 98.9 cm³/mol. The van der Waals surface area contributed by atoms with Crippen molar-refractivity contribution < 1.29 is 22.7 Å². The van der Waals surface area contributed by atoms with E-state index in [1.54, 1.807) is 0 Å². The van der Waals surface area contributed by atoms with Crippen molar-refractivity contribution >= 4 is 30.7 Å². The fraction of sp³-hybridized carbons (Fsp3) is 0.938. The molecule has 26 heavy (non-hydrogen) atoms. The average molecular weight is 424 g/mol. The Labute approximate surface area is 165 Å². The summed E-state index contributed by atoms with van der Waals surface area (Å²) >= 11 is 0. The van der Waals surface area contributed by atoms with Crippen LogP contribution in [-0.2, 0) is 9.53 Å². The van der Waals surface area contributed by atoms with Gasteiger partial charge in [0, 0.05) is 19.8 Å². The van der Waals surface area contributed by atoms with Gasteiger partial charge in [-0.05, 0) is 57.0 Å². The number of nitrogens with zero attached hydrogens (tertiary/aromatic N) is 1.